The molecule has 1 atom stereocenters. The number of aromatic nitrogens is 1. The van der Waals surface area contributed by atoms with E-state index in [1.54, 1.807) is 14.2 Å². The summed E-state index contributed by atoms with van der Waals surface area (Å²) in [5, 5.41) is 1.21. The highest BCUT2D eigenvalue weighted by Gasteiger charge is 2.34. The molecule has 5 nitrogen and oxygen atoms in total. The number of fused-ring (bicyclic) bond motifs is 6. The van der Waals surface area contributed by atoms with E-state index in [2.05, 4.69) is 28.1 Å². The van der Waals surface area contributed by atoms with Gasteiger partial charge in [0.1, 0.15) is 12.4 Å². The fraction of sp³-hybridized carbons (Fsp3) is 0.286. The third kappa shape index (κ3) is 3.80. The highest BCUT2D eigenvalue weighted by atomic mass is 19.2. The Kier molecular flexibility index (Phi) is 5.37. The van der Waals surface area contributed by atoms with Gasteiger partial charge in [-0.1, -0.05) is 6.07 Å². The number of rotatable bonds is 5. The van der Waals surface area contributed by atoms with Crippen LogP contribution in [0.3, 0.4) is 0 Å². The quantitative estimate of drug-likeness (QED) is 0.402. The van der Waals surface area contributed by atoms with Crippen LogP contribution >= 0.6 is 0 Å². The van der Waals surface area contributed by atoms with Gasteiger partial charge in [0.2, 0.25) is 0 Å². The molecule has 0 bridgehead atoms. The van der Waals surface area contributed by atoms with Gasteiger partial charge < -0.3 is 19.2 Å². The molecule has 180 valence electrons. The van der Waals surface area contributed by atoms with Crippen LogP contribution < -0.4 is 14.2 Å². The number of H-pyrrole nitrogens is 1. The third-order valence-electron chi connectivity index (χ3n) is 7.23. The molecule has 4 aromatic rings. The fourth-order valence-electron chi connectivity index (χ4n) is 5.43. The summed E-state index contributed by atoms with van der Waals surface area (Å²) >= 11 is 0. The number of hydrogen-bond donors (Lipinski definition) is 1. The number of nitrogens with one attached hydrogen (secondary N) is 1. The SMILES string of the molecule is COc1ccc2[nH]c3c(c2c1)CC1c2cc(OC)c(OCc4ccc(F)c(F)c4)cc2CCN1C3. The van der Waals surface area contributed by atoms with E-state index in [0.29, 0.717) is 17.1 Å². The maximum atomic E-state index is 13.6. The molecule has 2 aliphatic heterocycles. The highest BCUT2D eigenvalue weighted by molar-refractivity contribution is 5.86. The van der Waals surface area contributed by atoms with Gasteiger partial charge >= 0.3 is 0 Å². The minimum absolute atomic E-state index is 0.127. The third-order valence-corrected chi connectivity index (χ3v) is 7.23. The second kappa shape index (κ2) is 8.57. The van der Waals surface area contributed by atoms with E-state index in [1.807, 2.05) is 12.1 Å². The Hall–Kier alpha value is -3.58. The summed E-state index contributed by atoms with van der Waals surface area (Å²) in [5.74, 6) is 0.358. The second-order valence-corrected chi connectivity index (χ2v) is 9.17. The summed E-state index contributed by atoms with van der Waals surface area (Å²) in [4.78, 5) is 6.12. The Morgan fingerprint density at radius 1 is 0.971 bits per heavy atom. The average molecular weight is 477 g/mol. The summed E-state index contributed by atoms with van der Waals surface area (Å²) in [6.07, 6.45) is 1.80. The molecular formula is C28H26F2N2O3. The number of methoxy groups -OCH3 is 2. The van der Waals surface area contributed by atoms with Crippen molar-refractivity contribution in [2.24, 2.45) is 0 Å². The zero-order chi connectivity index (χ0) is 24.1. The molecule has 0 aliphatic carbocycles. The lowest BCUT2D eigenvalue weighted by Gasteiger charge is -2.40. The Bertz CT molecular complexity index is 1430. The zero-order valence-corrected chi connectivity index (χ0v) is 19.7. The van der Waals surface area contributed by atoms with E-state index in [9.17, 15) is 8.78 Å². The van der Waals surface area contributed by atoms with Gasteiger partial charge in [-0.2, -0.15) is 0 Å². The summed E-state index contributed by atoms with van der Waals surface area (Å²) in [7, 11) is 3.32. The predicted molar refractivity (Wildman–Crippen MR) is 129 cm³/mol. The normalized spacial score (nSPS) is 17.0. The second-order valence-electron chi connectivity index (χ2n) is 9.17. The molecule has 0 saturated heterocycles. The number of halogens is 2. The van der Waals surface area contributed by atoms with Crippen molar-refractivity contribution < 1.29 is 23.0 Å². The number of benzene rings is 3. The first-order valence-corrected chi connectivity index (χ1v) is 11.7. The van der Waals surface area contributed by atoms with Gasteiger partial charge in [-0.25, -0.2) is 8.78 Å². The molecule has 1 N–H and O–H groups in total. The van der Waals surface area contributed by atoms with Crippen LogP contribution in [0.4, 0.5) is 8.78 Å². The van der Waals surface area contributed by atoms with Gasteiger partial charge in [0.05, 0.1) is 14.2 Å². The van der Waals surface area contributed by atoms with Crippen LogP contribution in [0.1, 0.15) is 34.0 Å². The fourth-order valence-corrected chi connectivity index (χ4v) is 5.43. The number of nitrogens with zero attached hydrogens (tertiary/aromatic N) is 1. The van der Waals surface area contributed by atoms with Crippen molar-refractivity contribution in [1.82, 2.24) is 9.88 Å². The van der Waals surface area contributed by atoms with Crippen LogP contribution in [0.25, 0.3) is 10.9 Å². The molecule has 0 radical (unpaired) electrons. The molecule has 0 amide bonds. The number of aromatic amines is 1. The Morgan fingerprint density at radius 2 is 1.86 bits per heavy atom. The summed E-state index contributed by atoms with van der Waals surface area (Å²) < 4.78 is 44.0. The minimum atomic E-state index is -0.879. The molecule has 0 saturated carbocycles. The monoisotopic (exact) mass is 476 g/mol. The van der Waals surface area contributed by atoms with E-state index >= 15 is 0 Å². The Morgan fingerprint density at radius 3 is 2.66 bits per heavy atom. The van der Waals surface area contributed by atoms with E-state index in [0.717, 1.165) is 49.3 Å². The van der Waals surface area contributed by atoms with Gasteiger partial charge in [0.25, 0.3) is 0 Å². The molecule has 3 aromatic carbocycles. The predicted octanol–water partition coefficient (Wildman–Crippen LogP) is 5.70. The summed E-state index contributed by atoms with van der Waals surface area (Å²) in [6.45, 7) is 1.94. The van der Waals surface area contributed by atoms with Crippen molar-refractivity contribution in [3.8, 4) is 17.2 Å². The first-order valence-electron chi connectivity index (χ1n) is 11.7. The van der Waals surface area contributed by atoms with Gasteiger partial charge in [-0.3, -0.25) is 4.90 Å². The maximum absolute atomic E-state index is 13.6. The van der Waals surface area contributed by atoms with Gasteiger partial charge in [0, 0.05) is 35.7 Å². The lowest BCUT2D eigenvalue weighted by molar-refractivity contribution is 0.158. The van der Waals surface area contributed by atoms with Crippen molar-refractivity contribution in [3.63, 3.8) is 0 Å². The number of ether oxygens (including phenoxy) is 3. The molecule has 2 aliphatic rings. The van der Waals surface area contributed by atoms with Crippen LogP contribution in [0.5, 0.6) is 17.2 Å². The maximum Gasteiger partial charge on any atom is 0.161 e. The van der Waals surface area contributed by atoms with E-state index < -0.39 is 11.6 Å². The molecule has 7 heteroatoms. The van der Waals surface area contributed by atoms with E-state index in [4.69, 9.17) is 14.2 Å². The molecular weight excluding hydrogens is 450 g/mol. The molecule has 35 heavy (non-hydrogen) atoms. The van der Waals surface area contributed by atoms with Crippen molar-refractivity contribution in [2.75, 3.05) is 20.8 Å². The minimum Gasteiger partial charge on any atom is -0.497 e. The Labute approximate surface area is 202 Å². The van der Waals surface area contributed by atoms with Crippen molar-refractivity contribution in [3.05, 3.63) is 88.1 Å². The van der Waals surface area contributed by atoms with Gasteiger partial charge in [0.15, 0.2) is 23.1 Å². The number of hydrogen-bond acceptors (Lipinski definition) is 4. The summed E-state index contributed by atoms with van der Waals surface area (Å²) in [6, 6.07) is 14.3. The van der Waals surface area contributed by atoms with E-state index in [-0.39, 0.29) is 12.6 Å². The van der Waals surface area contributed by atoms with Crippen LogP contribution in [0, 0.1) is 11.6 Å². The molecule has 6 rings (SSSR count). The first-order chi connectivity index (χ1) is 17.0. The van der Waals surface area contributed by atoms with Crippen LogP contribution in [-0.2, 0) is 26.0 Å². The van der Waals surface area contributed by atoms with Crippen molar-refractivity contribution >= 4 is 10.9 Å². The average Bonchev–Trinajstić information content (AvgIpc) is 3.24. The zero-order valence-electron chi connectivity index (χ0n) is 19.7. The lowest BCUT2D eigenvalue weighted by atomic mass is 9.85. The molecule has 3 heterocycles. The molecule has 0 fully saturated rings. The topological polar surface area (TPSA) is 46.7 Å². The van der Waals surface area contributed by atoms with Crippen LogP contribution in [0.2, 0.25) is 0 Å². The van der Waals surface area contributed by atoms with Gasteiger partial charge in [-0.05, 0) is 77.6 Å². The smallest absolute Gasteiger partial charge is 0.161 e. The summed E-state index contributed by atoms with van der Waals surface area (Å²) in [5.41, 5.74) is 6.78. The molecule has 0 spiro atoms. The first kappa shape index (κ1) is 21.9. The Balaban J connectivity index is 1.31. The van der Waals surface area contributed by atoms with Crippen molar-refractivity contribution in [1.29, 1.82) is 0 Å². The lowest BCUT2D eigenvalue weighted by Crippen LogP contribution is -2.39. The highest BCUT2D eigenvalue weighted by Crippen LogP contribution is 2.44. The molecule has 1 unspecified atom stereocenters. The van der Waals surface area contributed by atoms with Crippen LogP contribution in [0.15, 0.2) is 48.5 Å². The van der Waals surface area contributed by atoms with E-state index in [1.165, 1.54) is 33.8 Å². The van der Waals surface area contributed by atoms with Crippen molar-refractivity contribution in [2.45, 2.75) is 32.0 Å². The standard InChI is InChI=1S/C28H26F2N2O3/c1-33-18-4-6-24-20(11-18)21-12-26-19-13-27(34-2)28(35-15-16-3-5-22(29)23(30)9-16)10-17(19)7-8-32(26)14-25(21)31-24/h3-6,9-11,13,26,31H,7-8,12,14-15H2,1-2H3. The van der Waals surface area contributed by atoms with Crippen LogP contribution in [-0.4, -0.2) is 30.6 Å². The largest absolute Gasteiger partial charge is 0.497 e. The van der Waals surface area contributed by atoms with Gasteiger partial charge in [-0.15, -0.1) is 0 Å². The molecule has 1 aromatic heterocycles.